The van der Waals surface area contributed by atoms with Gasteiger partial charge in [-0.15, -0.1) is 0 Å². The molecule has 70 valence electrons. The van der Waals surface area contributed by atoms with Gasteiger partial charge in [-0.25, -0.2) is 4.39 Å². The maximum atomic E-state index is 12.5. The van der Waals surface area contributed by atoms with Crippen molar-refractivity contribution in [3.63, 3.8) is 0 Å². The average molecular weight is 184 g/mol. The quantitative estimate of drug-likeness (QED) is 0.515. The zero-order valence-corrected chi connectivity index (χ0v) is 6.32. The summed E-state index contributed by atoms with van der Waals surface area (Å²) < 4.78 is 48.1. The van der Waals surface area contributed by atoms with Gasteiger partial charge < -0.3 is 5.11 Å². The number of aliphatic hydroxyl groups is 1. The smallest absolute Gasteiger partial charge is 0.386 e. The van der Waals surface area contributed by atoms with Gasteiger partial charge in [-0.2, -0.15) is 13.2 Å². The van der Waals surface area contributed by atoms with Gasteiger partial charge in [-0.05, 0) is 6.92 Å². The Morgan fingerprint density at radius 1 is 1.50 bits per heavy atom. The van der Waals surface area contributed by atoms with Crippen LogP contribution in [0.1, 0.15) is 6.92 Å². The van der Waals surface area contributed by atoms with Crippen LogP contribution in [0.3, 0.4) is 0 Å². The van der Waals surface area contributed by atoms with Gasteiger partial charge in [0.1, 0.15) is 11.9 Å². The summed E-state index contributed by atoms with van der Waals surface area (Å²) in [4.78, 5) is 0. The second-order valence-corrected chi connectivity index (χ2v) is 2.14. The Balaban J connectivity index is 5.00. The summed E-state index contributed by atoms with van der Waals surface area (Å²) >= 11 is 0. The molecule has 0 aromatic carbocycles. The summed E-state index contributed by atoms with van der Waals surface area (Å²) in [5.74, 6) is -1.61. The Kier molecular flexibility index (Phi) is 3.45. The largest absolute Gasteiger partial charge is 0.418 e. The number of halogens is 4. The summed E-state index contributed by atoms with van der Waals surface area (Å²) in [5.41, 5.74) is -1.53. The van der Waals surface area contributed by atoms with E-state index < -0.39 is 23.7 Å². The summed E-state index contributed by atoms with van der Waals surface area (Å²) in [7, 11) is 0. The number of hydrogen-bond acceptors (Lipinski definition) is 1. The first-order valence-corrected chi connectivity index (χ1v) is 3.08. The Bertz CT molecular complexity index is 202. The van der Waals surface area contributed by atoms with Gasteiger partial charge in [0.05, 0.1) is 5.57 Å². The summed E-state index contributed by atoms with van der Waals surface area (Å²) in [6.07, 6.45) is -6.23. The summed E-state index contributed by atoms with van der Waals surface area (Å²) in [6, 6.07) is 0. The highest BCUT2D eigenvalue weighted by atomic mass is 19.4. The zero-order valence-electron chi connectivity index (χ0n) is 6.32. The number of allylic oxidation sites excluding steroid dienone is 2. The predicted octanol–water partition coefficient (Wildman–Crippen LogP) is 2.34. The topological polar surface area (TPSA) is 20.2 Å². The minimum Gasteiger partial charge on any atom is -0.386 e. The van der Waals surface area contributed by atoms with Crippen molar-refractivity contribution in [1.29, 1.82) is 0 Å². The maximum Gasteiger partial charge on any atom is 0.418 e. The molecule has 0 heterocycles. The number of rotatable bonds is 2. The van der Waals surface area contributed by atoms with Crippen LogP contribution in [0.15, 0.2) is 24.1 Å². The van der Waals surface area contributed by atoms with Gasteiger partial charge in [0, 0.05) is 0 Å². The molecular weight excluding hydrogens is 176 g/mol. The van der Waals surface area contributed by atoms with Crippen LogP contribution in [0.25, 0.3) is 0 Å². The average Bonchev–Trinajstić information content (AvgIpc) is 1.85. The van der Waals surface area contributed by atoms with Crippen LogP contribution in [0.4, 0.5) is 17.6 Å². The Labute approximate surface area is 67.0 Å². The minimum atomic E-state index is -4.80. The predicted molar refractivity (Wildman–Crippen MR) is 36.1 cm³/mol. The van der Waals surface area contributed by atoms with Gasteiger partial charge in [-0.1, -0.05) is 12.7 Å². The lowest BCUT2D eigenvalue weighted by molar-refractivity contribution is -0.0912. The fourth-order valence-corrected chi connectivity index (χ4v) is 0.574. The molecule has 0 saturated heterocycles. The molecule has 0 radical (unpaired) electrons. The molecule has 0 aliphatic heterocycles. The van der Waals surface area contributed by atoms with Crippen LogP contribution in [-0.2, 0) is 0 Å². The molecule has 0 aliphatic rings. The molecular formula is C7H8F4O. The molecule has 0 rings (SSSR count). The minimum absolute atomic E-state index is 0.335. The fraction of sp³-hybridized carbons (Fsp3) is 0.429. The molecule has 0 fully saturated rings. The van der Waals surface area contributed by atoms with Crippen molar-refractivity contribution >= 4 is 0 Å². The number of alkyl halides is 3. The molecule has 1 nitrogen and oxygen atoms in total. The second-order valence-electron chi connectivity index (χ2n) is 2.14. The van der Waals surface area contributed by atoms with E-state index in [1.807, 2.05) is 0 Å². The highest BCUT2D eigenvalue weighted by Crippen LogP contribution is 2.30. The van der Waals surface area contributed by atoms with Crippen LogP contribution in [0.2, 0.25) is 0 Å². The Morgan fingerprint density at radius 2 is 1.92 bits per heavy atom. The second kappa shape index (κ2) is 3.71. The highest BCUT2D eigenvalue weighted by Gasteiger charge is 2.35. The van der Waals surface area contributed by atoms with Crippen LogP contribution >= 0.6 is 0 Å². The summed E-state index contributed by atoms with van der Waals surface area (Å²) in [6.45, 7) is 3.71. The van der Waals surface area contributed by atoms with Crippen LogP contribution in [0, 0.1) is 0 Å². The van der Waals surface area contributed by atoms with Gasteiger partial charge in [0.25, 0.3) is 0 Å². The monoisotopic (exact) mass is 184 g/mol. The van der Waals surface area contributed by atoms with E-state index in [-0.39, 0.29) is 0 Å². The third kappa shape index (κ3) is 2.65. The first-order chi connectivity index (χ1) is 5.30. The Morgan fingerprint density at radius 3 is 2.00 bits per heavy atom. The first-order valence-electron chi connectivity index (χ1n) is 3.08. The van der Waals surface area contributed by atoms with E-state index in [0.29, 0.717) is 6.08 Å². The molecule has 0 aromatic rings. The maximum absolute atomic E-state index is 12.5. The van der Waals surface area contributed by atoms with Gasteiger partial charge in [0.2, 0.25) is 0 Å². The van der Waals surface area contributed by atoms with E-state index in [1.165, 1.54) is 0 Å². The zero-order chi connectivity index (χ0) is 9.94. The molecule has 1 unspecified atom stereocenters. The third-order valence-electron chi connectivity index (χ3n) is 1.13. The van der Waals surface area contributed by atoms with Crippen LogP contribution < -0.4 is 0 Å². The van der Waals surface area contributed by atoms with Gasteiger partial charge in [0.15, 0.2) is 0 Å². The van der Waals surface area contributed by atoms with Gasteiger partial charge >= 0.3 is 6.18 Å². The SMILES string of the molecule is C=C/C(=C(/F)C(C)O)C(F)(F)F. The Hall–Kier alpha value is -0.840. The standard InChI is InChI=1S/C7H8F4O/c1-3-5(7(9,10)11)6(8)4(2)12/h3-4,12H,1H2,2H3/b6-5-. The molecule has 0 bridgehead atoms. The molecule has 0 spiro atoms. The van der Waals surface area contributed by atoms with Crippen molar-refractivity contribution < 1.29 is 22.7 Å². The van der Waals surface area contributed by atoms with Crippen molar-refractivity contribution in [2.75, 3.05) is 0 Å². The van der Waals surface area contributed by atoms with E-state index in [2.05, 4.69) is 6.58 Å². The fourth-order valence-electron chi connectivity index (χ4n) is 0.574. The highest BCUT2D eigenvalue weighted by molar-refractivity contribution is 5.26. The van der Waals surface area contributed by atoms with E-state index in [4.69, 9.17) is 5.11 Å². The lowest BCUT2D eigenvalue weighted by Crippen LogP contribution is -2.15. The number of aliphatic hydroxyl groups excluding tert-OH is 1. The molecule has 1 atom stereocenters. The van der Waals surface area contributed by atoms with Crippen molar-refractivity contribution in [2.45, 2.75) is 19.2 Å². The van der Waals surface area contributed by atoms with Crippen molar-refractivity contribution in [2.24, 2.45) is 0 Å². The van der Waals surface area contributed by atoms with Gasteiger partial charge in [-0.3, -0.25) is 0 Å². The van der Waals surface area contributed by atoms with Crippen molar-refractivity contribution in [1.82, 2.24) is 0 Å². The first kappa shape index (κ1) is 11.2. The van der Waals surface area contributed by atoms with E-state index in [0.717, 1.165) is 6.92 Å². The summed E-state index contributed by atoms with van der Waals surface area (Å²) in [5, 5.41) is 8.51. The lowest BCUT2D eigenvalue weighted by Gasteiger charge is -2.10. The van der Waals surface area contributed by atoms with Crippen molar-refractivity contribution in [3.8, 4) is 0 Å². The molecule has 0 amide bonds. The van der Waals surface area contributed by atoms with Crippen LogP contribution in [-0.4, -0.2) is 17.4 Å². The van der Waals surface area contributed by atoms with E-state index in [9.17, 15) is 17.6 Å². The molecule has 0 aromatic heterocycles. The molecule has 1 N–H and O–H groups in total. The lowest BCUT2D eigenvalue weighted by atomic mass is 10.2. The van der Waals surface area contributed by atoms with E-state index >= 15 is 0 Å². The third-order valence-corrected chi connectivity index (χ3v) is 1.13. The normalized spacial score (nSPS) is 16.8. The van der Waals surface area contributed by atoms with E-state index in [1.54, 1.807) is 0 Å². The van der Waals surface area contributed by atoms with Crippen LogP contribution in [0.5, 0.6) is 0 Å². The molecule has 0 saturated carbocycles. The number of hydrogen-bond donors (Lipinski definition) is 1. The molecule has 5 heteroatoms. The molecule has 12 heavy (non-hydrogen) atoms. The van der Waals surface area contributed by atoms with Crippen molar-refractivity contribution in [3.05, 3.63) is 24.1 Å². The molecule has 0 aliphatic carbocycles.